The van der Waals surface area contributed by atoms with E-state index in [-0.39, 0.29) is 24.0 Å². The van der Waals surface area contributed by atoms with Crippen LogP contribution < -0.4 is 20.3 Å². The first-order valence-corrected chi connectivity index (χ1v) is 10.3. The fourth-order valence-corrected chi connectivity index (χ4v) is 4.84. The maximum atomic E-state index is 13.0. The average molecular weight is 391 g/mol. The summed E-state index contributed by atoms with van der Waals surface area (Å²) in [5.74, 6) is 0.695. The first-order chi connectivity index (χ1) is 14.0. The van der Waals surface area contributed by atoms with Crippen LogP contribution in [0.25, 0.3) is 0 Å². The van der Waals surface area contributed by atoms with E-state index >= 15 is 0 Å². The molecule has 150 valence electrons. The van der Waals surface area contributed by atoms with Gasteiger partial charge in [0.05, 0.1) is 11.7 Å². The highest BCUT2D eigenvalue weighted by atomic mass is 16.5. The summed E-state index contributed by atoms with van der Waals surface area (Å²) in [5, 5.41) is 6.20. The van der Waals surface area contributed by atoms with Crippen LogP contribution in [0.1, 0.15) is 61.0 Å². The maximum Gasteiger partial charge on any atom is 0.325 e. The van der Waals surface area contributed by atoms with Gasteiger partial charge in [-0.1, -0.05) is 37.1 Å². The fourth-order valence-electron chi connectivity index (χ4n) is 4.84. The molecule has 1 aliphatic carbocycles. The van der Waals surface area contributed by atoms with Gasteiger partial charge in [-0.15, -0.1) is 0 Å². The summed E-state index contributed by atoms with van der Waals surface area (Å²) in [4.78, 5) is 27.4. The van der Waals surface area contributed by atoms with Gasteiger partial charge in [-0.05, 0) is 44.0 Å². The second-order valence-corrected chi connectivity index (χ2v) is 8.36. The molecule has 6 nitrogen and oxygen atoms in total. The number of fused-ring (bicyclic) bond motifs is 4. The topological polar surface area (TPSA) is 70.7 Å². The van der Waals surface area contributed by atoms with Crippen LogP contribution >= 0.6 is 0 Å². The Hall–Kier alpha value is -3.02. The lowest BCUT2D eigenvalue weighted by molar-refractivity contribution is 0.0378. The number of hydrogen-bond acceptors (Lipinski definition) is 3. The van der Waals surface area contributed by atoms with Crippen LogP contribution in [0.3, 0.4) is 0 Å². The molecule has 0 radical (unpaired) electrons. The molecule has 2 aromatic rings. The van der Waals surface area contributed by atoms with E-state index < -0.39 is 5.72 Å². The zero-order chi connectivity index (χ0) is 20.0. The van der Waals surface area contributed by atoms with Crippen LogP contribution in [-0.2, 0) is 0 Å². The van der Waals surface area contributed by atoms with Crippen molar-refractivity contribution >= 4 is 17.6 Å². The highest BCUT2D eigenvalue weighted by molar-refractivity contribution is 5.99. The van der Waals surface area contributed by atoms with E-state index in [1.54, 1.807) is 17.0 Å². The molecule has 2 heterocycles. The molecule has 3 amide bonds. The normalized spacial score (nSPS) is 25.8. The van der Waals surface area contributed by atoms with E-state index in [0.717, 1.165) is 37.0 Å². The van der Waals surface area contributed by atoms with Crippen LogP contribution in [0, 0.1) is 0 Å². The molecule has 2 atom stereocenters. The molecule has 2 bridgehead atoms. The molecule has 2 aliphatic heterocycles. The van der Waals surface area contributed by atoms with Crippen molar-refractivity contribution in [2.24, 2.45) is 0 Å². The number of urea groups is 1. The number of ether oxygens (including phenoxy) is 1. The van der Waals surface area contributed by atoms with Crippen LogP contribution in [0.15, 0.2) is 48.5 Å². The molecule has 1 saturated carbocycles. The molecule has 1 saturated heterocycles. The van der Waals surface area contributed by atoms with Crippen LogP contribution in [0.2, 0.25) is 0 Å². The number of benzene rings is 2. The number of carbonyl (C=O) groups is 2. The van der Waals surface area contributed by atoms with Crippen molar-refractivity contribution in [1.82, 2.24) is 10.6 Å². The lowest BCUT2D eigenvalue weighted by Gasteiger charge is -2.50. The van der Waals surface area contributed by atoms with Crippen molar-refractivity contribution in [1.29, 1.82) is 0 Å². The number of amides is 3. The van der Waals surface area contributed by atoms with Gasteiger partial charge in [-0.3, -0.25) is 9.69 Å². The van der Waals surface area contributed by atoms with E-state index in [2.05, 4.69) is 10.6 Å². The number of rotatable bonds is 3. The quantitative estimate of drug-likeness (QED) is 0.827. The second kappa shape index (κ2) is 6.79. The molecular weight excluding hydrogens is 366 g/mol. The van der Waals surface area contributed by atoms with E-state index in [1.807, 2.05) is 43.3 Å². The fraction of sp³-hybridized carbons (Fsp3) is 0.391. The monoisotopic (exact) mass is 391 g/mol. The Morgan fingerprint density at radius 3 is 2.79 bits per heavy atom. The summed E-state index contributed by atoms with van der Waals surface area (Å²) in [7, 11) is 0. The highest BCUT2D eigenvalue weighted by Gasteiger charge is 2.49. The summed E-state index contributed by atoms with van der Waals surface area (Å²) >= 11 is 0. The molecule has 3 aliphatic rings. The Labute approximate surface area is 170 Å². The number of nitrogens with one attached hydrogen (secondary N) is 2. The molecule has 2 aromatic carbocycles. The molecule has 6 heteroatoms. The third-order valence-corrected chi connectivity index (χ3v) is 6.24. The molecule has 2 fully saturated rings. The number of carbonyl (C=O) groups excluding carboxylic acids is 2. The predicted octanol–water partition coefficient (Wildman–Crippen LogP) is 4.13. The highest BCUT2D eigenvalue weighted by Crippen LogP contribution is 2.45. The molecule has 5 rings (SSSR count). The van der Waals surface area contributed by atoms with Crippen LogP contribution in [0.5, 0.6) is 5.75 Å². The van der Waals surface area contributed by atoms with Gasteiger partial charge in [0.15, 0.2) is 5.72 Å². The van der Waals surface area contributed by atoms with Gasteiger partial charge in [0, 0.05) is 23.6 Å². The number of hydrogen-bond donors (Lipinski definition) is 2. The molecular formula is C23H25N3O3. The number of para-hydroxylation sites is 1. The predicted molar refractivity (Wildman–Crippen MR) is 110 cm³/mol. The van der Waals surface area contributed by atoms with E-state index in [0.29, 0.717) is 17.7 Å². The third-order valence-electron chi connectivity index (χ3n) is 6.24. The van der Waals surface area contributed by atoms with Gasteiger partial charge in [0.25, 0.3) is 5.91 Å². The van der Waals surface area contributed by atoms with Crippen LogP contribution in [0.4, 0.5) is 10.5 Å². The SMILES string of the molecule is C[C@]12C[C@H](NC(=O)N1c1cccc(C(=O)NC3CCCC3)c1)c1ccccc1O2. The Balaban J connectivity index is 1.45. The summed E-state index contributed by atoms with van der Waals surface area (Å²) in [6.45, 7) is 1.93. The van der Waals surface area contributed by atoms with Crippen molar-refractivity contribution in [3.63, 3.8) is 0 Å². The second-order valence-electron chi connectivity index (χ2n) is 8.36. The van der Waals surface area contributed by atoms with Crippen molar-refractivity contribution < 1.29 is 14.3 Å². The number of nitrogens with zero attached hydrogens (tertiary/aromatic N) is 1. The number of anilines is 1. The zero-order valence-electron chi connectivity index (χ0n) is 16.5. The smallest absolute Gasteiger partial charge is 0.325 e. The largest absolute Gasteiger partial charge is 0.467 e. The first-order valence-electron chi connectivity index (χ1n) is 10.3. The molecule has 29 heavy (non-hydrogen) atoms. The Morgan fingerprint density at radius 1 is 1.17 bits per heavy atom. The summed E-state index contributed by atoms with van der Waals surface area (Å²) < 4.78 is 6.30. The third kappa shape index (κ3) is 3.12. The Kier molecular flexibility index (Phi) is 4.23. The lowest BCUT2D eigenvalue weighted by Crippen LogP contribution is -2.65. The average Bonchev–Trinajstić information content (AvgIpc) is 3.20. The minimum atomic E-state index is -0.818. The maximum absolute atomic E-state index is 13.0. The van der Waals surface area contributed by atoms with Gasteiger partial charge >= 0.3 is 6.03 Å². The molecule has 2 N–H and O–H groups in total. The van der Waals surface area contributed by atoms with Crippen molar-refractivity contribution in [3.8, 4) is 5.75 Å². The van der Waals surface area contributed by atoms with Crippen molar-refractivity contribution in [3.05, 3.63) is 59.7 Å². The van der Waals surface area contributed by atoms with E-state index in [4.69, 9.17) is 4.74 Å². The van der Waals surface area contributed by atoms with Gasteiger partial charge in [-0.25, -0.2) is 4.79 Å². The van der Waals surface area contributed by atoms with Gasteiger partial charge in [0.1, 0.15) is 5.75 Å². The summed E-state index contributed by atoms with van der Waals surface area (Å²) in [6.07, 6.45) is 5.03. The Bertz CT molecular complexity index is 969. The van der Waals surface area contributed by atoms with Gasteiger partial charge < -0.3 is 15.4 Å². The summed E-state index contributed by atoms with van der Waals surface area (Å²) in [5.41, 5.74) is 1.40. The van der Waals surface area contributed by atoms with Gasteiger partial charge in [-0.2, -0.15) is 0 Å². The first kappa shape index (κ1) is 18.0. The minimum absolute atomic E-state index is 0.0810. The molecule has 0 unspecified atom stereocenters. The van der Waals surface area contributed by atoms with Crippen molar-refractivity contribution in [2.45, 2.75) is 56.8 Å². The van der Waals surface area contributed by atoms with E-state index in [9.17, 15) is 9.59 Å². The molecule has 0 spiro atoms. The van der Waals surface area contributed by atoms with Crippen molar-refractivity contribution in [2.75, 3.05) is 4.90 Å². The van der Waals surface area contributed by atoms with E-state index in [1.165, 1.54) is 0 Å². The van der Waals surface area contributed by atoms with Crippen LogP contribution in [-0.4, -0.2) is 23.7 Å². The standard InChI is InChI=1S/C23H25N3O3/c1-23-14-19(18-11-4-5-12-20(18)29-23)25-22(28)26(23)17-10-6-7-15(13-17)21(27)24-16-8-2-3-9-16/h4-7,10-13,16,19H,2-3,8-9,14H2,1H3,(H,24,27)(H,25,28)/t19-,23-/m0/s1. The summed E-state index contributed by atoms with van der Waals surface area (Å²) in [6, 6.07) is 15.0. The Morgan fingerprint density at radius 2 is 1.97 bits per heavy atom. The molecule has 0 aromatic heterocycles. The lowest BCUT2D eigenvalue weighted by atomic mass is 9.90. The zero-order valence-corrected chi connectivity index (χ0v) is 16.5. The minimum Gasteiger partial charge on any atom is -0.467 e. The van der Waals surface area contributed by atoms with Gasteiger partial charge in [0.2, 0.25) is 0 Å².